The van der Waals surface area contributed by atoms with Crippen molar-refractivity contribution in [1.29, 1.82) is 0 Å². The first-order valence-electron chi connectivity index (χ1n) is 7.75. The van der Waals surface area contributed by atoms with Crippen LogP contribution in [0, 0.1) is 0 Å². The van der Waals surface area contributed by atoms with Gasteiger partial charge in [-0.15, -0.1) is 0 Å². The third kappa shape index (κ3) is 6.69. The van der Waals surface area contributed by atoms with Crippen molar-refractivity contribution in [3.05, 3.63) is 34.9 Å². The van der Waals surface area contributed by atoms with Gasteiger partial charge in [-0.3, -0.25) is 9.09 Å². The van der Waals surface area contributed by atoms with E-state index in [1.807, 2.05) is 0 Å². The number of nitrogens with two attached hydrogens (primary N) is 1. The maximum atomic E-state index is 12.3. The molecule has 0 saturated carbocycles. The van der Waals surface area contributed by atoms with E-state index in [1.54, 1.807) is 12.1 Å². The van der Waals surface area contributed by atoms with Crippen molar-refractivity contribution in [2.45, 2.75) is 71.4 Å². The van der Waals surface area contributed by atoms with Gasteiger partial charge in [0, 0.05) is 0 Å². The van der Waals surface area contributed by atoms with Crippen molar-refractivity contribution in [1.82, 2.24) is 0 Å². The molecule has 0 radical (unpaired) electrons. The Morgan fingerprint density at radius 2 is 1.42 bits per heavy atom. The molecule has 0 aliphatic heterocycles. The van der Waals surface area contributed by atoms with Crippen LogP contribution in [0.3, 0.4) is 0 Å². The molecule has 0 aliphatic rings. The van der Waals surface area contributed by atoms with Crippen LogP contribution in [-0.2, 0) is 19.9 Å². The molecule has 0 heterocycles. The van der Waals surface area contributed by atoms with Gasteiger partial charge in [-0.05, 0) is 34.4 Å². The maximum absolute atomic E-state index is 12.3. The minimum atomic E-state index is -4.28. The molecular weight excluding hydrogens is 353 g/mol. The van der Waals surface area contributed by atoms with Crippen LogP contribution in [0.15, 0.2) is 18.2 Å². The predicted octanol–water partition coefficient (Wildman–Crippen LogP) is 2.86. The summed E-state index contributed by atoms with van der Waals surface area (Å²) in [6, 6.07) is 5.59. The van der Waals surface area contributed by atoms with Crippen molar-refractivity contribution < 1.29 is 19.1 Å². The van der Waals surface area contributed by atoms with E-state index in [0.717, 1.165) is 11.1 Å². The van der Waals surface area contributed by atoms with Crippen molar-refractivity contribution >= 4 is 45.3 Å². The molecule has 136 valence electrons. The van der Waals surface area contributed by atoms with Gasteiger partial charge in [-0.25, -0.2) is 0 Å². The third-order valence-corrected chi connectivity index (χ3v) is 5.16. The monoisotopic (exact) mass is 385 g/mol. The average Bonchev–Trinajstić information content (AvgIpc) is 2.33. The Labute approximate surface area is 175 Å². The van der Waals surface area contributed by atoms with Gasteiger partial charge in [0.2, 0.25) is 0 Å². The van der Waals surface area contributed by atoms with E-state index in [9.17, 15) is 14.6 Å². The van der Waals surface area contributed by atoms with Gasteiger partial charge >= 0.3 is 45.3 Å². The van der Waals surface area contributed by atoms with Gasteiger partial charge in [0.1, 0.15) is 6.23 Å². The Hall–Kier alpha value is 0.550. The predicted molar refractivity (Wildman–Crippen MR) is 102 cm³/mol. The van der Waals surface area contributed by atoms with Crippen LogP contribution in [0.5, 0.6) is 0 Å². The Morgan fingerprint density at radius 3 is 1.71 bits per heavy atom. The van der Waals surface area contributed by atoms with Crippen LogP contribution in [-0.4, -0.2) is 54.0 Å². The molecule has 0 spiro atoms. The van der Waals surface area contributed by atoms with Gasteiger partial charge in [0.25, 0.3) is 0 Å². The minimum absolute atomic E-state index is 0. The number of benzene rings is 1. The van der Waals surface area contributed by atoms with Crippen LogP contribution in [0.25, 0.3) is 0 Å². The molecule has 0 saturated heterocycles. The van der Waals surface area contributed by atoms with E-state index < -0.39 is 19.7 Å². The van der Waals surface area contributed by atoms with Gasteiger partial charge in [-0.1, -0.05) is 59.7 Å². The molecule has 0 aromatic heterocycles. The van der Waals surface area contributed by atoms with Crippen molar-refractivity contribution in [2.75, 3.05) is 0 Å². The summed E-state index contributed by atoms with van der Waals surface area (Å²) in [6.45, 7) is 13.8. The van der Waals surface area contributed by atoms with Crippen LogP contribution in [0.1, 0.15) is 71.0 Å². The Morgan fingerprint density at radius 1 is 1.04 bits per heavy atom. The van der Waals surface area contributed by atoms with E-state index >= 15 is 0 Å². The van der Waals surface area contributed by atoms with Crippen LogP contribution in [0.2, 0.25) is 0 Å². The van der Waals surface area contributed by atoms with Gasteiger partial charge in [-0.2, -0.15) is 0 Å². The summed E-state index contributed by atoms with van der Waals surface area (Å²) in [5, 5.41) is 10.4. The van der Waals surface area contributed by atoms with Gasteiger partial charge in [0.15, 0.2) is 5.85 Å². The molecule has 0 bridgehead atoms. The van der Waals surface area contributed by atoms with E-state index in [4.69, 9.17) is 10.3 Å². The zero-order valence-corrected chi connectivity index (χ0v) is 16.0. The fourth-order valence-corrected chi connectivity index (χ4v) is 3.27. The Balaban J connectivity index is 0.00000529. The Bertz CT molecular complexity index is 573. The summed E-state index contributed by atoms with van der Waals surface area (Å²) in [5.74, 6) is -1.63. The molecule has 4 N–H and O–H groups in total. The second kappa shape index (κ2) is 8.49. The van der Waals surface area contributed by atoms with E-state index in [1.165, 1.54) is 6.92 Å². The zero-order valence-electron chi connectivity index (χ0n) is 15.1. The summed E-state index contributed by atoms with van der Waals surface area (Å²) in [4.78, 5) is 10.00. The molecule has 0 aliphatic carbocycles. The number of aliphatic hydroxyl groups is 1. The standard InChI is InChI=1S/C17H30NO4P.Ca.2H/c1-11(18)22-23(20,21)15(19)12-8-13(16(2,3)4)10-14(9-12)17(5,6)7;;;/h8-11,15,19H,18H2,1-7H3,(H,20,21);;;. The Kier molecular flexibility index (Phi) is 8.69. The normalized spacial score (nSPS) is 17.6. The number of rotatable bonds is 4. The zero-order chi connectivity index (χ0) is 18.2. The van der Waals surface area contributed by atoms with E-state index in [-0.39, 0.29) is 48.6 Å². The second-order valence-corrected chi connectivity index (χ2v) is 9.92. The van der Waals surface area contributed by atoms with Crippen molar-refractivity contribution in [2.24, 2.45) is 5.73 Å². The topological polar surface area (TPSA) is 92.8 Å². The molecule has 0 fully saturated rings. The first kappa shape index (κ1) is 24.5. The van der Waals surface area contributed by atoms with Crippen LogP contribution >= 0.6 is 7.60 Å². The van der Waals surface area contributed by atoms with Crippen molar-refractivity contribution in [3.8, 4) is 0 Å². The van der Waals surface area contributed by atoms with Crippen LogP contribution in [0.4, 0.5) is 0 Å². The van der Waals surface area contributed by atoms with Crippen molar-refractivity contribution in [3.63, 3.8) is 0 Å². The van der Waals surface area contributed by atoms with Crippen LogP contribution < -0.4 is 5.73 Å². The van der Waals surface area contributed by atoms with Gasteiger partial charge < -0.3 is 15.7 Å². The molecule has 1 rings (SSSR count). The molecule has 1 aromatic carbocycles. The second-order valence-electron chi connectivity index (χ2n) is 8.09. The van der Waals surface area contributed by atoms with E-state index in [2.05, 4.69) is 47.6 Å². The number of hydrogen-bond acceptors (Lipinski definition) is 4. The number of aliphatic hydroxyl groups excluding tert-OH is 1. The first-order valence-corrected chi connectivity index (χ1v) is 9.40. The molecule has 7 heteroatoms. The summed E-state index contributed by atoms with van der Waals surface area (Å²) in [7, 11) is -4.28. The summed E-state index contributed by atoms with van der Waals surface area (Å²) in [5.41, 5.74) is 7.46. The molecule has 1 aromatic rings. The molecule has 0 amide bonds. The third-order valence-electron chi connectivity index (χ3n) is 3.61. The molecule has 5 nitrogen and oxygen atoms in total. The summed E-state index contributed by atoms with van der Waals surface area (Å²) in [6.07, 6.45) is -0.937. The average molecular weight is 385 g/mol. The fourth-order valence-electron chi connectivity index (χ4n) is 2.15. The summed E-state index contributed by atoms with van der Waals surface area (Å²) < 4.78 is 17.1. The molecular formula is C17H32CaNO4P. The summed E-state index contributed by atoms with van der Waals surface area (Å²) >= 11 is 0. The quantitative estimate of drug-likeness (QED) is 0.421. The molecule has 3 unspecified atom stereocenters. The fraction of sp³-hybridized carbons (Fsp3) is 0.647. The number of hydrogen-bond donors (Lipinski definition) is 3. The molecule has 24 heavy (non-hydrogen) atoms. The first-order chi connectivity index (χ1) is 10.1. The van der Waals surface area contributed by atoms with Gasteiger partial charge in [0.05, 0.1) is 0 Å². The SMILES string of the molecule is CC(N)OP(=O)(O)C(O)c1cc(C(C)(C)C)cc(C(C)(C)C)c1.[CaH2]. The van der Waals surface area contributed by atoms with E-state index in [0.29, 0.717) is 5.56 Å². The molecule has 3 atom stereocenters.